The van der Waals surface area contributed by atoms with Crippen molar-refractivity contribution in [3.8, 4) is 5.75 Å². The smallest absolute Gasteiger partial charge is 0.286 e. The van der Waals surface area contributed by atoms with E-state index in [1.54, 1.807) is 18.2 Å². The quantitative estimate of drug-likeness (QED) is 0.631. The third-order valence-corrected chi connectivity index (χ3v) is 5.49. The molecule has 7 nitrogen and oxygen atoms in total. The first-order valence-corrected chi connectivity index (χ1v) is 9.90. The van der Waals surface area contributed by atoms with Gasteiger partial charge in [-0.05, 0) is 48.2 Å². The Balaban J connectivity index is 1.75. The van der Waals surface area contributed by atoms with Gasteiger partial charge in [0.1, 0.15) is 11.6 Å². The van der Waals surface area contributed by atoms with Crippen LogP contribution in [0, 0.1) is 5.82 Å². The van der Waals surface area contributed by atoms with Crippen molar-refractivity contribution in [2.75, 3.05) is 0 Å². The molecular formula is C22H18ClFN4O3. The Morgan fingerprint density at radius 1 is 1.23 bits per heavy atom. The van der Waals surface area contributed by atoms with Gasteiger partial charge in [0.25, 0.3) is 11.8 Å². The Kier molecular flexibility index (Phi) is 5.56. The van der Waals surface area contributed by atoms with E-state index in [-0.39, 0.29) is 28.7 Å². The van der Waals surface area contributed by atoms with Crippen LogP contribution in [0.3, 0.4) is 0 Å². The van der Waals surface area contributed by atoms with E-state index in [1.807, 2.05) is 0 Å². The zero-order valence-corrected chi connectivity index (χ0v) is 17.0. The molecule has 31 heavy (non-hydrogen) atoms. The maximum Gasteiger partial charge on any atom is 0.286 e. The molecule has 0 aliphatic heterocycles. The number of nitrogens with two attached hydrogens (primary N) is 1. The number of hydrogen-bond acceptors (Lipinski definition) is 5. The number of phenolic OH excluding ortho intramolecular Hbond substituents is 1. The summed E-state index contributed by atoms with van der Waals surface area (Å²) in [5.74, 6) is -1.90. The maximum atomic E-state index is 14.4. The van der Waals surface area contributed by atoms with Gasteiger partial charge in [0.15, 0.2) is 0 Å². The number of hydrogen-bond donors (Lipinski definition) is 2. The summed E-state index contributed by atoms with van der Waals surface area (Å²) >= 11 is 6.08. The summed E-state index contributed by atoms with van der Waals surface area (Å²) in [7, 11) is 0. The van der Waals surface area contributed by atoms with E-state index >= 15 is 0 Å². The van der Waals surface area contributed by atoms with Gasteiger partial charge in [0.05, 0.1) is 11.6 Å². The van der Waals surface area contributed by atoms with E-state index in [0.29, 0.717) is 29.5 Å². The first-order valence-electron chi connectivity index (χ1n) is 9.52. The third-order valence-electron chi connectivity index (χ3n) is 5.27. The SMILES string of the molecule is NC(=O)c1ncc(CN(C(=O)c2ccccc2O)[C@@H]2CCc3c(F)cc(Cl)cc32)cn1. The van der Waals surface area contributed by atoms with Crippen molar-refractivity contribution in [2.45, 2.75) is 25.4 Å². The average molecular weight is 441 g/mol. The summed E-state index contributed by atoms with van der Waals surface area (Å²) in [6, 6.07) is 8.67. The number of amides is 2. The van der Waals surface area contributed by atoms with Gasteiger partial charge in [-0.2, -0.15) is 0 Å². The number of nitrogens with zero attached hydrogens (tertiary/aromatic N) is 3. The highest BCUT2D eigenvalue weighted by Gasteiger charge is 2.34. The molecule has 1 atom stereocenters. The van der Waals surface area contributed by atoms with Gasteiger partial charge in [-0.25, -0.2) is 14.4 Å². The number of carbonyl (C=O) groups is 2. The first-order chi connectivity index (χ1) is 14.8. The van der Waals surface area contributed by atoms with Crippen molar-refractivity contribution < 1.29 is 19.1 Å². The molecule has 0 radical (unpaired) electrons. The molecule has 3 N–H and O–H groups in total. The Morgan fingerprint density at radius 3 is 2.61 bits per heavy atom. The standard InChI is InChI=1S/C22H18ClFN4O3/c23-13-7-16-14(17(24)8-13)5-6-18(16)28(22(31)15-3-1-2-4-19(15)29)11-12-9-26-21(20(25)30)27-10-12/h1-4,7-10,18,29H,5-6,11H2,(H2,25,30)/t18-/m1/s1. The number of benzene rings is 2. The highest BCUT2D eigenvalue weighted by Crippen LogP contribution is 2.40. The van der Waals surface area contributed by atoms with E-state index in [2.05, 4.69) is 9.97 Å². The zero-order chi connectivity index (χ0) is 22.1. The molecule has 0 unspecified atom stereocenters. The molecule has 2 amide bonds. The van der Waals surface area contributed by atoms with Crippen molar-refractivity contribution in [1.82, 2.24) is 14.9 Å². The van der Waals surface area contributed by atoms with E-state index in [1.165, 1.54) is 35.5 Å². The number of aromatic nitrogens is 2. The van der Waals surface area contributed by atoms with Crippen LogP contribution in [0.2, 0.25) is 5.02 Å². The molecule has 0 saturated heterocycles. The predicted molar refractivity (Wildman–Crippen MR) is 111 cm³/mol. The number of phenols is 1. The van der Waals surface area contributed by atoms with Gasteiger partial charge in [-0.1, -0.05) is 23.7 Å². The molecule has 2 aromatic carbocycles. The van der Waals surface area contributed by atoms with Gasteiger partial charge in [0, 0.05) is 29.5 Å². The summed E-state index contributed by atoms with van der Waals surface area (Å²) < 4.78 is 14.4. The molecule has 0 spiro atoms. The molecule has 4 rings (SSSR count). The second-order valence-electron chi connectivity index (χ2n) is 7.24. The molecule has 1 heterocycles. The van der Waals surface area contributed by atoms with Crippen molar-refractivity contribution >= 4 is 23.4 Å². The number of fused-ring (bicyclic) bond motifs is 1. The number of aromatic hydroxyl groups is 1. The normalized spacial score (nSPS) is 14.8. The Bertz CT molecular complexity index is 1170. The summed E-state index contributed by atoms with van der Waals surface area (Å²) in [5, 5.41) is 10.5. The molecule has 3 aromatic rings. The van der Waals surface area contributed by atoms with Crippen LogP contribution >= 0.6 is 11.6 Å². The van der Waals surface area contributed by atoms with Crippen LogP contribution in [0.25, 0.3) is 0 Å². The maximum absolute atomic E-state index is 14.4. The molecule has 0 bridgehead atoms. The molecule has 9 heteroatoms. The summed E-state index contributed by atoms with van der Waals surface area (Å²) in [6.07, 6.45) is 3.76. The van der Waals surface area contributed by atoms with Gasteiger partial charge < -0.3 is 15.7 Å². The fourth-order valence-electron chi connectivity index (χ4n) is 3.84. The Morgan fingerprint density at radius 2 is 1.94 bits per heavy atom. The van der Waals surface area contributed by atoms with Crippen molar-refractivity contribution in [3.05, 3.63) is 87.7 Å². The molecule has 158 valence electrons. The molecule has 1 aliphatic carbocycles. The summed E-state index contributed by atoms with van der Waals surface area (Å²) in [6.45, 7) is 0.0739. The number of para-hydroxylation sites is 1. The third kappa shape index (κ3) is 4.06. The molecule has 0 saturated carbocycles. The van der Waals surface area contributed by atoms with Crippen LogP contribution in [0.15, 0.2) is 48.8 Å². The fraction of sp³-hybridized carbons (Fsp3) is 0.182. The van der Waals surface area contributed by atoms with E-state index in [0.717, 1.165) is 0 Å². The van der Waals surface area contributed by atoms with E-state index < -0.39 is 23.7 Å². The number of rotatable bonds is 5. The van der Waals surface area contributed by atoms with E-state index in [9.17, 15) is 19.1 Å². The van der Waals surface area contributed by atoms with Crippen LogP contribution in [0.4, 0.5) is 4.39 Å². The Hall–Kier alpha value is -3.52. The average Bonchev–Trinajstić information content (AvgIpc) is 3.16. The highest BCUT2D eigenvalue weighted by atomic mass is 35.5. The molecule has 1 aromatic heterocycles. The van der Waals surface area contributed by atoms with Crippen LogP contribution in [-0.4, -0.2) is 31.8 Å². The van der Waals surface area contributed by atoms with Gasteiger partial charge >= 0.3 is 0 Å². The lowest BCUT2D eigenvalue weighted by Gasteiger charge is -2.30. The first kappa shape index (κ1) is 20.7. The molecular weight excluding hydrogens is 423 g/mol. The van der Waals surface area contributed by atoms with Crippen molar-refractivity contribution in [1.29, 1.82) is 0 Å². The molecule has 0 fully saturated rings. The van der Waals surface area contributed by atoms with Crippen LogP contribution in [0.1, 0.15) is 50.1 Å². The Labute approximate surface area is 182 Å². The van der Waals surface area contributed by atoms with Crippen molar-refractivity contribution in [3.63, 3.8) is 0 Å². The van der Waals surface area contributed by atoms with Crippen molar-refractivity contribution in [2.24, 2.45) is 5.73 Å². The van der Waals surface area contributed by atoms with Crippen LogP contribution < -0.4 is 5.73 Å². The fourth-order valence-corrected chi connectivity index (χ4v) is 4.05. The van der Waals surface area contributed by atoms with Gasteiger partial charge in [0.2, 0.25) is 5.82 Å². The second-order valence-corrected chi connectivity index (χ2v) is 7.68. The van der Waals surface area contributed by atoms with Crippen LogP contribution in [-0.2, 0) is 13.0 Å². The topological polar surface area (TPSA) is 109 Å². The lowest BCUT2D eigenvalue weighted by atomic mass is 10.0. The summed E-state index contributed by atoms with van der Waals surface area (Å²) in [4.78, 5) is 34.0. The minimum Gasteiger partial charge on any atom is -0.507 e. The minimum absolute atomic E-state index is 0.0739. The predicted octanol–water partition coefficient (Wildman–Crippen LogP) is 3.40. The highest BCUT2D eigenvalue weighted by molar-refractivity contribution is 6.30. The summed E-state index contributed by atoms with van der Waals surface area (Å²) in [5.41, 5.74) is 6.99. The van der Waals surface area contributed by atoms with E-state index in [4.69, 9.17) is 17.3 Å². The second kappa shape index (κ2) is 8.31. The van der Waals surface area contributed by atoms with Gasteiger partial charge in [-0.15, -0.1) is 0 Å². The lowest BCUT2D eigenvalue weighted by Crippen LogP contribution is -2.34. The van der Waals surface area contributed by atoms with Gasteiger partial charge in [-0.3, -0.25) is 9.59 Å². The zero-order valence-electron chi connectivity index (χ0n) is 16.3. The number of primary amides is 1. The number of halogens is 2. The number of carbonyl (C=O) groups excluding carboxylic acids is 2. The lowest BCUT2D eigenvalue weighted by molar-refractivity contribution is 0.0654. The molecule has 1 aliphatic rings. The monoisotopic (exact) mass is 440 g/mol. The van der Waals surface area contributed by atoms with Crippen LogP contribution in [0.5, 0.6) is 5.75 Å². The minimum atomic E-state index is -0.761. The largest absolute Gasteiger partial charge is 0.507 e.